The zero-order valence-corrected chi connectivity index (χ0v) is 20.3. The van der Waals surface area contributed by atoms with Gasteiger partial charge in [-0.1, -0.05) is 39.3 Å². The minimum atomic E-state index is -4.80. The maximum Gasteiger partial charge on any atom is 0.573 e. The highest BCUT2D eigenvalue weighted by molar-refractivity contribution is 8.77. The summed E-state index contributed by atoms with van der Waals surface area (Å²) in [5, 5.41) is 2.50. The second-order valence-electron chi connectivity index (χ2n) is 7.60. The molecular weight excluding hydrogens is 501 g/mol. The van der Waals surface area contributed by atoms with Gasteiger partial charge in [-0.05, 0) is 38.3 Å². The van der Waals surface area contributed by atoms with E-state index in [2.05, 4.69) is 22.0 Å². The quantitative estimate of drug-likeness (QED) is 0.167. The number of ether oxygens (including phenoxy) is 3. The van der Waals surface area contributed by atoms with Crippen LogP contribution in [-0.4, -0.2) is 40.2 Å². The highest BCUT2D eigenvalue weighted by Gasteiger charge is 2.31. The number of nitrogens with one attached hydrogen (secondary N) is 1. The average molecular weight is 525 g/mol. The molecule has 1 aromatic carbocycles. The van der Waals surface area contributed by atoms with Crippen LogP contribution in [0.5, 0.6) is 5.75 Å². The normalized spacial score (nSPS) is 19.3. The summed E-state index contributed by atoms with van der Waals surface area (Å²) in [7, 11) is 3.79. The van der Waals surface area contributed by atoms with E-state index in [1.54, 1.807) is 0 Å². The first-order chi connectivity index (χ1) is 15.5. The van der Waals surface area contributed by atoms with Gasteiger partial charge in [-0.2, -0.15) is 0 Å². The SMILES string of the molecule is CC(OC(=O)CCCC[C@]1(C)CCSS1)OC(=O)Nc1nc2ccc(OC(F)(F)F)cc2s1. The molecule has 2 atom stereocenters. The number of amides is 1. The highest BCUT2D eigenvalue weighted by Crippen LogP contribution is 2.49. The van der Waals surface area contributed by atoms with Crippen molar-refractivity contribution in [1.29, 1.82) is 0 Å². The van der Waals surface area contributed by atoms with E-state index in [9.17, 15) is 22.8 Å². The third-order valence-corrected chi connectivity index (χ3v) is 8.98. The summed E-state index contributed by atoms with van der Waals surface area (Å²) in [4.78, 5) is 28.1. The van der Waals surface area contributed by atoms with E-state index in [1.807, 2.05) is 21.6 Å². The maximum absolute atomic E-state index is 12.4. The predicted molar refractivity (Wildman–Crippen MR) is 123 cm³/mol. The second kappa shape index (κ2) is 11.0. The minimum Gasteiger partial charge on any atom is -0.425 e. The molecule has 33 heavy (non-hydrogen) atoms. The molecule has 0 spiro atoms. The van der Waals surface area contributed by atoms with Gasteiger partial charge < -0.3 is 14.2 Å². The Kier molecular flexibility index (Phi) is 8.62. The van der Waals surface area contributed by atoms with Crippen LogP contribution >= 0.6 is 32.9 Å². The number of thiazole rings is 1. The van der Waals surface area contributed by atoms with E-state index in [4.69, 9.17) is 9.47 Å². The molecule has 2 heterocycles. The lowest BCUT2D eigenvalue weighted by Gasteiger charge is -2.20. The molecule has 7 nitrogen and oxygen atoms in total. The lowest BCUT2D eigenvalue weighted by molar-refractivity contribution is -0.274. The van der Waals surface area contributed by atoms with Crippen molar-refractivity contribution in [2.75, 3.05) is 11.1 Å². The molecule has 1 aliphatic heterocycles. The van der Waals surface area contributed by atoms with Crippen LogP contribution in [0.2, 0.25) is 0 Å². The third-order valence-electron chi connectivity index (χ3n) is 4.68. The molecular formula is C20H23F3N2O5S3. The van der Waals surface area contributed by atoms with E-state index >= 15 is 0 Å². The zero-order valence-electron chi connectivity index (χ0n) is 17.9. The number of hydrogen-bond acceptors (Lipinski definition) is 9. The van der Waals surface area contributed by atoms with Gasteiger partial charge in [0.25, 0.3) is 0 Å². The molecule has 1 aliphatic rings. The Hall–Kier alpha value is -1.86. The molecule has 1 amide bonds. The number of carbonyl (C=O) groups excluding carboxylic acids is 2. The van der Waals surface area contributed by atoms with Gasteiger partial charge in [0.2, 0.25) is 6.29 Å². The molecule has 2 aromatic rings. The fraction of sp³-hybridized carbons (Fsp3) is 0.550. The monoisotopic (exact) mass is 524 g/mol. The van der Waals surface area contributed by atoms with Crippen LogP contribution in [-0.2, 0) is 14.3 Å². The number of anilines is 1. The second-order valence-corrected chi connectivity index (χ2v) is 11.6. The Morgan fingerprint density at radius 2 is 2.06 bits per heavy atom. The topological polar surface area (TPSA) is 86.8 Å². The van der Waals surface area contributed by atoms with Crippen LogP contribution < -0.4 is 10.1 Å². The van der Waals surface area contributed by atoms with Gasteiger partial charge in [0.1, 0.15) is 5.75 Å². The van der Waals surface area contributed by atoms with Crippen molar-refractivity contribution in [2.24, 2.45) is 0 Å². The molecule has 1 fully saturated rings. The molecule has 3 rings (SSSR count). The van der Waals surface area contributed by atoms with Crippen molar-refractivity contribution in [3.8, 4) is 5.75 Å². The van der Waals surface area contributed by atoms with Crippen molar-refractivity contribution in [2.45, 2.75) is 63.4 Å². The van der Waals surface area contributed by atoms with E-state index in [0.717, 1.165) is 36.0 Å². The number of fused-ring (bicyclic) bond motifs is 1. The number of unbranched alkanes of at least 4 members (excludes halogenated alkanes) is 1. The van der Waals surface area contributed by atoms with Gasteiger partial charge in [0.05, 0.1) is 10.2 Å². The van der Waals surface area contributed by atoms with Gasteiger partial charge in [0, 0.05) is 29.9 Å². The van der Waals surface area contributed by atoms with Gasteiger partial charge >= 0.3 is 18.4 Å². The van der Waals surface area contributed by atoms with Crippen molar-refractivity contribution in [1.82, 2.24) is 4.98 Å². The number of hydrogen-bond donors (Lipinski definition) is 1. The third kappa shape index (κ3) is 8.45. The summed E-state index contributed by atoms with van der Waals surface area (Å²) < 4.78 is 51.7. The van der Waals surface area contributed by atoms with Crippen LogP contribution in [0.25, 0.3) is 10.2 Å². The number of aromatic nitrogens is 1. The summed E-state index contributed by atoms with van der Waals surface area (Å²) in [5.41, 5.74) is 0.382. The Balaban J connectivity index is 1.40. The molecule has 0 saturated carbocycles. The van der Waals surface area contributed by atoms with Gasteiger partial charge in [0.15, 0.2) is 5.13 Å². The Bertz CT molecular complexity index is 979. The van der Waals surface area contributed by atoms with E-state index in [0.29, 0.717) is 16.6 Å². The van der Waals surface area contributed by atoms with Gasteiger partial charge in [-0.3, -0.25) is 10.1 Å². The number of esters is 1. The lowest BCUT2D eigenvalue weighted by atomic mass is 9.99. The molecule has 1 aromatic heterocycles. The fourth-order valence-corrected chi connectivity index (χ4v) is 7.29. The van der Waals surface area contributed by atoms with Crippen LogP contribution in [0.3, 0.4) is 0 Å². The summed E-state index contributed by atoms with van der Waals surface area (Å²) in [6.45, 7) is 3.66. The molecule has 182 valence electrons. The molecule has 0 aliphatic carbocycles. The standard InChI is InChI=1S/C20H23F3N2O5S3/c1-12(28-16(26)5-3-4-8-19(2)9-10-31-33-19)29-18(27)25-17-24-14-7-6-13(11-15(14)32-17)30-20(21,22)23/h6-7,11-12H,3-5,8-10H2,1-2H3,(H,24,25,27)/t12?,19-/m1/s1. The first-order valence-electron chi connectivity index (χ1n) is 10.2. The number of rotatable bonds is 9. The van der Waals surface area contributed by atoms with E-state index < -0.39 is 24.7 Å². The number of carbonyl (C=O) groups is 2. The summed E-state index contributed by atoms with van der Waals surface area (Å²) in [6, 6.07) is 3.65. The van der Waals surface area contributed by atoms with E-state index in [-0.39, 0.29) is 22.0 Å². The number of alkyl halides is 3. The lowest BCUT2D eigenvalue weighted by Crippen LogP contribution is -2.24. The number of halogens is 3. The average Bonchev–Trinajstić information content (AvgIpc) is 3.29. The van der Waals surface area contributed by atoms with Crippen LogP contribution in [0.4, 0.5) is 23.1 Å². The summed E-state index contributed by atoms with van der Waals surface area (Å²) >= 11 is 0.949. The van der Waals surface area contributed by atoms with Gasteiger partial charge in [-0.25, -0.2) is 9.78 Å². The van der Waals surface area contributed by atoms with Crippen LogP contribution in [0, 0.1) is 0 Å². The van der Waals surface area contributed by atoms with Gasteiger partial charge in [-0.15, -0.1) is 13.2 Å². The molecule has 0 bridgehead atoms. The molecule has 1 unspecified atom stereocenters. The molecule has 1 N–H and O–H groups in total. The molecule has 0 radical (unpaired) electrons. The Labute approximate surface area is 200 Å². The summed E-state index contributed by atoms with van der Waals surface area (Å²) in [6.07, 6.45) is -2.73. The highest BCUT2D eigenvalue weighted by atomic mass is 33.1. The Morgan fingerprint density at radius 3 is 2.76 bits per heavy atom. The number of nitrogens with zero attached hydrogens (tertiary/aromatic N) is 1. The number of benzene rings is 1. The summed E-state index contributed by atoms with van der Waals surface area (Å²) in [5.74, 6) is 0.319. The van der Waals surface area contributed by atoms with Crippen LogP contribution in [0.15, 0.2) is 18.2 Å². The fourth-order valence-electron chi connectivity index (χ4n) is 3.11. The largest absolute Gasteiger partial charge is 0.573 e. The zero-order chi connectivity index (χ0) is 24.1. The van der Waals surface area contributed by atoms with Crippen molar-refractivity contribution < 1.29 is 37.0 Å². The first-order valence-corrected chi connectivity index (χ1v) is 13.3. The molecule has 13 heteroatoms. The van der Waals surface area contributed by atoms with Crippen molar-refractivity contribution in [3.63, 3.8) is 0 Å². The van der Waals surface area contributed by atoms with Crippen LogP contribution in [0.1, 0.15) is 46.0 Å². The first kappa shape index (κ1) is 25.8. The Morgan fingerprint density at radius 1 is 1.27 bits per heavy atom. The predicted octanol–water partition coefficient (Wildman–Crippen LogP) is 6.74. The maximum atomic E-state index is 12.4. The molecule has 1 saturated heterocycles. The smallest absolute Gasteiger partial charge is 0.425 e. The van der Waals surface area contributed by atoms with Crippen molar-refractivity contribution >= 4 is 60.3 Å². The minimum absolute atomic E-state index is 0.120. The van der Waals surface area contributed by atoms with E-state index in [1.165, 1.54) is 25.5 Å². The van der Waals surface area contributed by atoms with Crippen molar-refractivity contribution in [3.05, 3.63) is 18.2 Å².